The summed E-state index contributed by atoms with van der Waals surface area (Å²) < 4.78 is 87.3. The highest BCUT2D eigenvalue weighted by Crippen LogP contribution is 2.51. The first-order valence-corrected chi connectivity index (χ1v) is 20.9. The van der Waals surface area contributed by atoms with Crippen LogP contribution in [0.1, 0.15) is 49.8 Å². The van der Waals surface area contributed by atoms with Gasteiger partial charge in [0, 0.05) is 49.4 Å². The highest BCUT2D eigenvalue weighted by Gasteiger charge is 2.45. The number of aromatic amines is 2. The molecule has 27 heteroatoms. The highest BCUT2D eigenvalue weighted by molar-refractivity contribution is 7.48. The van der Waals surface area contributed by atoms with E-state index in [4.69, 9.17) is 36.8 Å². The minimum absolute atomic E-state index is 0.0132. The summed E-state index contributed by atoms with van der Waals surface area (Å²) in [6.45, 7) is 2.09. The number of aliphatic hydroxyl groups excluding tert-OH is 1. The molecule has 3 aliphatic rings. The number of phosphoric ester groups is 3. The van der Waals surface area contributed by atoms with Crippen LogP contribution in [0.3, 0.4) is 0 Å². The number of ether oxygens (including phenoxy) is 3. The summed E-state index contributed by atoms with van der Waals surface area (Å²) in [4.78, 5) is 83.4. The average Bonchev–Trinajstić information content (AvgIpc) is 3.79. The molecule has 3 fully saturated rings. The van der Waals surface area contributed by atoms with Crippen molar-refractivity contribution in [3.8, 4) is 0 Å². The fraction of sp³-hybridized carbons (Fsp3) is 0.704. The largest absolute Gasteiger partial charge is 0.472 e. The molecule has 3 unspecified atom stereocenters. The minimum atomic E-state index is -5.04. The molecule has 24 nitrogen and oxygen atoms in total. The summed E-state index contributed by atoms with van der Waals surface area (Å²) in [7, 11) is -14.5. The Bertz CT molecular complexity index is 2030. The maximum atomic E-state index is 13.1. The molecule has 0 spiro atoms. The molecule has 3 saturated heterocycles. The van der Waals surface area contributed by atoms with E-state index in [0.29, 0.717) is 0 Å². The molecular formula is C27H41N4O20P3. The topological polar surface area (TPSA) is 325 Å². The zero-order valence-electron chi connectivity index (χ0n) is 29.0. The van der Waals surface area contributed by atoms with Crippen molar-refractivity contribution in [3.05, 3.63) is 65.2 Å². The summed E-state index contributed by atoms with van der Waals surface area (Å²) in [5.41, 5.74) is -2.54. The van der Waals surface area contributed by atoms with Gasteiger partial charge in [-0.25, -0.2) is 23.3 Å². The van der Waals surface area contributed by atoms with E-state index in [-0.39, 0.29) is 43.6 Å². The number of phosphoric acid groups is 3. The fourth-order valence-electron chi connectivity index (χ4n) is 5.78. The lowest BCUT2D eigenvalue weighted by molar-refractivity contribution is -0.0535. The van der Waals surface area contributed by atoms with Crippen LogP contribution in [0.4, 0.5) is 0 Å². The molecular weight excluding hydrogens is 793 g/mol. The van der Waals surface area contributed by atoms with Crippen molar-refractivity contribution in [1.29, 1.82) is 0 Å². The van der Waals surface area contributed by atoms with E-state index >= 15 is 0 Å². The number of hydrogen-bond donors (Lipinski definition) is 6. The van der Waals surface area contributed by atoms with Gasteiger partial charge in [0.25, 0.3) is 11.1 Å². The Kier molecular flexibility index (Phi) is 13.7. The zero-order valence-corrected chi connectivity index (χ0v) is 31.7. The number of H-pyrrole nitrogens is 2. The first-order chi connectivity index (χ1) is 25.3. The lowest BCUT2D eigenvalue weighted by atomic mass is 10.2. The SMILES string of the molecule is CCOP(=O)(O)OC[C@H]1O[C@@H](n2cc(C)c(=O)[nH]c2=O)C[C@@H]1OP(=O)(O)OC[C@H]1OCC[C@@H]1OP(=O)(O)OC[C@H]1O[C@@H](n2cc(C)c(=O)[nH]c2=O)C[C@@H]1O. The van der Waals surface area contributed by atoms with Gasteiger partial charge < -0.3 is 34.0 Å². The Morgan fingerprint density at radius 1 is 0.722 bits per heavy atom. The third kappa shape index (κ3) is 10.9. The molecule has 304 valence electrons. The molecule has 2 aromatic rings. The van der Waals surface area contributed by atoms with Crippen molar-refractivity contribution in [2.75, 3.05) is 33.0 Å². The van der Waals surface area contributed by atoms with Gasteiger partial charge in [-0.2, -0.15) is 0 Å². The minimum Gasteiger partial charge on any atom is -0.390 e. The molecule has 5 rings (SSSR count). The van der Waals surface area contributed by atoms with Gasteiger partial charge in [-0.1, -0.05) is 0 Å². The van der Waals surface area contributed by atoms with Crippen LogP contribution in [0.5, 0.6) is 0 Å². The predicted octanol–water partition coefficient (Wildman–Crippen LogP) is -0.414. The van der Waals surface area contributed by atoms with Crippen LogP contribution in [0.2, 0.25) is 0 Å². The van der Waals surface area contributed by atoms with Crippen LogP contribution >= 0.6 is 23.5 Å². The summed E-state index contributed by atoms with van der Waals surface area (Å²) in [5.74, 6) is 0. The summed E-state index contributed by atoms with van der Waals surface area (Å²) in [6, 6.07) is 0. The molecule has 0 bridgehead atoms. The van der Waals surface area contributed by atoms with Crippen molar-refractivity contribution in [3.63, 3.8) is 0 Å². The lowest BCUT2D eigenvalue weighted by Gasteiger charge is -2.25. The molecule has 3 aliphatic heterocycles. The van der Waals surface area contributed by atoms with E-state index in [9.17, 15) is 52.7 Å². The lowest BCUT2D eigenvalue weighted by Crippen LogP contribution is -2.33. The predicted molar refractivity (Wildman–Crippen MR) is 178 cm³/mol. The second-order valence-electron chi connectivity index (χ2n) is 12.5. The fourth-order valence-corrected chi connectivity index (χ4v) is 8.46. The maximum absolute atomic E-state index is 13.1. The molecule has 0 radical (unpaired) electrons. The summed E-state index contributed by atoms with van der Waals surface area (Å²) >= 11 is 0. The number of aromatic nitrogens is 4. The number of nitrogens with zero attached hydrogens (tertiary/aromatic N) is 2. The smallest absolute Gasteiger partial charge is 0.390 e. The van der Waals surface area contributed by atoms with E-state index in [1.54, 1.807) is 0 Å². The van der Waals surface area contributed by atoms with E-state index in [2.05, 4.69) is 14.5 Å². The summed E-state index contributed by atoms with van der Waals surface area (Å²) in [6.07, 6.45) is -7.63. The summed E-state index contributed by atoms with van der Waals surface area (Å²) in [5, 5.41) is 10.4. The Morgan fingerprint density at radius 3 is 1.78 bits per heavy atom. The van der Waals surface area contributed by atoms with Crippen LogP contribution in [0.15, 0.2) is 31.6 Å². The van der Waals surface area contributed by atoms with Crippen molar-refractivity contribution >= 4 is 23.5 Å². The number of hydrogen-bond acceptors (Lipinski definition) is 17. The molecule has 5 heterocycles. The number of rotatable bonds is 17. The first kappa shape index (κ1) is 42.7. The Hall–Kier alpha value is -2.47. The third-order valence-electron chi connectivity index (χ3n) is 8.48. The molecule has 0 amide bonds. The van der Waals surface area contributed by atoms with Crippen LogP contribution in [-0.2, 0) is 55.0 Å². The van der Waals surface area contributed by atoms with Gasteiger partial charge in [-0.05, 0) is 20.8 Å². The molecule has 6 N–H and O–H groups in total. The third-order valence-corrected chi connectivity index (χ3v) is 11.6. The quantitative estimate of drug-likeness (QED) is 0.110. The van der Waals surface area contributed by atoms with Crippen molar-refractivity contribution in [2.45, 2.75) is 89.1 Å². The molecule has 0 saturated carbocycles. The first-order valence-electron chi connectivity index (χ1n) is 16.4. The van der Waals surface area contributed by atoms with Gasteiger partial charge in [-0.15, -0.1) is 0 Å². The maximum Gasteiger partial charge on any atom is 0.472 e. The Morgan fingerprint density at radius 2 is 1.20 bits per heavy atom. The van der Waals surface area contributed by atoms with Crippen LogP contribution in [0.25, 0.3) is 0 Å². The van der Waals surface area contributed by atoms with Gasteiger partial charge in [0.15, 0.2) is 0 Å². The van der Waals surface area contributed by atoms with Crippen LogP contribution in [0, 0.1) is 13.8 Å². The average molecular weight is 835 g/mol. The monoisotopic (exact) mass is 834 g/mol. The highest BCUT2D eigenvalue weighted by atomic mass is 31.2. The molecule has 2 aromatic heterocycles. The van der Waals surface area contributed by atoms with Crippen molar-refractivity contribution in [1.82, 2.24) is 19.1 Å². The van der Waals surface area contributed by atoms with Crippen molar-refractivity contribution in [2.24, 2.45) is 0 Å². The molecule has 0 aliphatic carbocycles. The zero-order chi connectivity index (χ0) is 39.6. The van der Waals surface area contributed by atoms with Gasteiger partial charge in [0.1, 0.15) is 43.0 Å². The van der Waals surface area contributed by atoms with E-state index in [1.807, 2.05) is 0 Å². The normalized spacial score (nSPS) is 30.6. The van der Waals surface area contributed by atoms with E-state index < -0.39 is 115 Å². The molecule has 0 aromatic carbocycles. The van der Waals surface area contributed by atoms with Gasteiger partial charge in [-0.3, -0.25) is 55.8 Å². The van der Waals surface area contributed by atoms with Crippen molar-refractivity contribution < 1.29 is 74.8 Å². The second kappa shape index (κ2) is 17.3. The number of aliphatic hydroxyl groups is 1. The second-order valence-corrected chi connectivity index (χ2v) is 16.7. The molecule has 54 heavy (non-hydrogen) atoms. The molecule has 11 atom stereocenters. The standard InChI is InChI=1S/C27H41N4O20P3/c1-4-44-52(37,38)45-13-21-18(8-23(49-21)31-10-15(3)25(34)29-27(31)36)51-54(41,42)47-12-20-17(5-6-43-20)50-53(39,40)46-11-19-16(32)7-22(48-19)30-9-14(2)24(33)28-26(30)35/h9-10,16-23,32H,4-8,11-13H2,1-3H3,(H,37,38)(H,39,40)(H,41,42)(H,28,33,35)(H,29,34,36)/t16-,17-,18-,19+,20+,21+,22+,23+/m0/s1. The Labute approximate surface area is 304 Å². The van der Waals surface area contributed by atoms with Gasteiger partial charge in [0.2, 0.25) is 0 Å². The van der Waals surface area contributed by atoms with E-state index in [1.165, 1.54) is 33.2 Å². The Balaban J connectivity index is 1.17. The van der Waals surface area contributed by atoms with Gasteiger partial charge in [0.05, 0.1) is 32.5 Å². The van der Waals surface area contributed by atoms with Gasteiger partial charge >= 0.3 is 34.8 Å². The van der Waals surface area contributed by atoms with Crippen LogP contribution in [-0.4, -0.2) is 109 Å². The van der Waals surface area contributed by atoms with E-state index in [0.717, 1.165) is 9.13 Å². The number of aryl methyl sites for hydroxylation is 2. The number of nitrogens with one attached hydrogen (secondary N) is 2. The van der Waals surface area contributed by atoms with Crippen LogP contribution < -0.4 is 22.5 Å².